The number of amides is 2. The van der Waals surface area contributed by atoms with E-state index in [1.807, 2.05) is 62.7 Å². The second-order valence-electron chi connectivity index (χ2n) is 11.7. The van der Waals surface area contributed by atoms with Gasteiger partial charge in [0.2, 0.25) is 23.3 Å². The second kappa shape index (κ2) is 19.1. The summed E-state index contributed by atoms with van der Waals surface area (Å²) in [5, 5.41) is 0. The molecule has 0 saturated heterocycles. The number of rotatable bonds is 16. The first kappa shape index (κ1) is 37.6. The van der Waals surface area contributed by atoms with Crippen molar-refractivity contribution in [1.29, 1.82) is 0 Å². The highest BCUT2D eigenvalue weighted by molar-refractivity contribution is 5.88. The summed E-state index contributed by atoms with van der Waals surface area (Å²) in [6, 6.07) is 7.39. The van der Waals surface area contributed by atoms with E-state index in [0.29, 0.717) is 59.4 Å². The van der Waals surface area contributed by atoms with Crippen LogP contribution in [0.3, 0.4) is 0 Å². The molecular formula is C38H50N2O8. The molecule has 0 bridgehead atoms. The van der Waals surface area contributed by atoms with Crippen molar-refractivity contribution in [3.05, 3.63) is 71.8 Å². The van der Waals surface area contributed by atoms with Crippen molar-refractivity contribution in [2.75, 3.05) is 69.8 Å². The molecule has 0 unspecified atom stereocenters. The molecule has 3 rings (SSSR count). The second-order valence-corrected chi connectivity index (χ2v) is 11.7. The van der Waals surface area contributed by atoms with Gasteiger partial charge in [0.1, 0.15) is 0 Å². The topological polar surface area (TPSA) is 96.0 Å². The van der Waals surface area contributed by atoms with Crippen LogP contribution in [0.2, 0.25) is 0 Å². The predicted octanol–water partition coefficient (Wildman–Crippen LogP) is 6.30. The molecule has 1 aliphatic carbocycles. The molecule has 2 amide bonds. The maximum atomic E-state index is 12.7. The summed E-state index contributed by atoms with van der Waals surface area (Å²) in [7, 11) is 13.1. The average molecular weight is 663 g/mol. The first-order valence-corrected chi connectivity index (χ1v) is 16.0. The smallest absolute Gasteiger partial charge is 0.246 e. The number of carbonyl (C=O) groups is 2. The van der Waals surface area contributed by atoms with E-state index < -0.39 is 0 Å². The summed E-state index contributed by atoms with van der Waals surface area (Å²) in [4.78, 5) is 29.1. The van der Waals surface area contributed by atoms with Crippen LogP contribution in [0.4, 0.5) is 0 Å². The Hall–Kier alpha value is -4.86. The van der Waals surface area contributed by atoms with E-state index in [1.165, 1.54) is 0 Å². The number of allylic oxidation sites excluding steroid dienone is 4. The highest BCUT2D eigenvalue weighted by Gasteiger charge is 2.24. The highest BCUT2D eigenvalue weighted by Crippen LogP contribution is 2.39. The minimum Gasteiger partial charge on any atom is -0.493 e. The lowest BCUT2D eigenvalue weighted by Gasteiger charge is -2.32. The summed E-state index contributed by atoms with van der Waals surface area (Å²) < 4.78 is 32.3. The molecule has 10 heteroatoms. The van der Waals surface area contributed by atoms with Crippen LogP contribution < -0.4 is 28.4 Å². The fourth-order valence-electron chi connectivity index (χ4n) is 5.81. The number of hydrogen-bond donors (Lipinski definition) is 0. The maximum absolute atomic E-state index is 12.7. The summed E-state index contributed by atoms with van der Waals surface area (Å²) >= 11 is 0. The monoisotopic (exact) mass is 662 g/mol. The Morgan fingerprint density at radius 2 is 0.875 bits per heavy atom. The molecule has 0 N–H and O–H groups in total. The van der Waals surface area contributed by atoms with Gasteiger partial charge in [0.15, 0.2) is 23.0 Å². The number of methoxy groups -OCH3 is 6. The first-order valence-electron chi connectivity index (χ1n) is 16.0. The molecular weight excluding hydrogens is 612 g/mol. The van der Waals surface area contributed by atoms with Gasteiger partial charge in [0, 0.05) is 39.3 Å². The zero-order valence-electron chi connectivity index (χ0n) is 29.5. The Kier molecular flexibility index (Phi) is 14.9. The highest BCUT2D eigenvalue weighted by atomic mass is 16.5. The number of nitrogens with zero attached hydrogens (tertiary/aromatic N) is 2. The Morgan fingerprint density at radius 3 is 1.15 bits per heavy atom. The summed E-state index contributed by atoms with van der Waals surface area (Å²) in [5.74, 6) is 4.15. The largest absolute Gasteiger partial charge is 0.493 e. The van der Waals surface area contributed by atoms with Crippen molar-refractivity contribution in [1.82, 2.24) is 9.80 Å². The van der Waals surface area contributed by atoms with Crippen molar-refractivity contribution in [2.45, 2.75) is 25.7 Å². The van der Waals surface area contributed by atoms with Gasteiger partial charge < -0.3 is 38.2 Å². The lowest BCUT2D eigenvalue weighted by atomic mass is 9.81. The molecule has 1 aliphatic rings. The van der Waals surface area contributed by atoms with Crippen LogP contribution in [0.1, 0.15) is 36.8 Å². The van der Waals surface area contributed by atoms with Gasteiger partial charge in [-0.1, -0.05) is 36.5 Å². The molecule has 1 saturated carbocycles. The van der Waals surface area contributed by atoms with E-state index >= 15 is 0 Å². The van der Waals surface area contributed by atoms with Crippen LogP contribution in [-0.2, 0) is 9.59 Å². The zero-order chi connectivity index (χ0) is 35.1. The number of carbonyl (C=O) groups excluding carboxylic acids is 2. The minimum absolute atomic E-state index is 0.0388. The van der Waals surface area contributed by atoms with Gasteiger partial charge in [-0.15, -0.1) is 0 Å². The molecule has 10 nitrogen and oxygen atoms in total. The SMILES string of the molecule is COc1cc(C=CC=CC(=O)N(C)CC2CCC(CN(C)C(=O)C=CC=Cc3cc(OC)c(OC)c(OC)c3)CC2)cc(OC)c1OC. The standard InChI is InChI=1S/C38H50N2O8/c1-39(35(41)15-11-9-13-29-21-31(43-3)37(47-7)32(22-29)44-4)25-27-17-19-28(20-18-27)26-40(2)36(42)16-12-10-14-30-23-33(45-5)38(48-8)34(24-30)46-6/h9-16,21-24,27-28H,17-20,25-26H2,1-8H3. The lowest BCUT2D eigenvalue weighted by molar-refractivity contribution is -0.126. The molecule has 0 aromatic heterocycles. The van der Waals surface area contributed by atoms with Gasteiger partial charge in [-0.25, -0.2) is 0 Å². The van der Waals surface area contributed by atoms with Crippen molar-refractivity contribution in [3.63, 3.8) is 0 Å². The van der Waals surface area contributed by atoms with E-state index in [9.17, 15) is 9.59 Å². The average Bonchev–Trinajstić information content (AvgIpc) is 3.11. The Labute approximate surface area is 285 Å². The number of likely N-dealkylation sites (N-methyl/N-ethyl adjacent to an activating group) is 2. The van der Waals surface area contributed by atoms with E-state index in [4.69, 9.17) is 28.4 Å². The molecule has 1 fully saturated rings. The molecule has 48 heavy (non-hydrogen) atoms. The Balaban J connectivity index is 1.42. The van der Waals surface area contributed by atoms with Gasteiger partial charge in [-0.3, -0.25) is 9.59 Å². The molecule has 0 atom stereocenters. The predicted molar refractivity (Wildman–Crippen MR) is 189 cm³/mol. The van der Waals surface area contributed by atoms with Crippen LogP contribution in [-0.4, -0.2) is 91.5 Å². The van der Waals surface area contributed by atoms with Gasteiger partial charge in [0.25, 0.3) is 0 Å². The number of benzene rings is 2. The van der Waals surface area contributed by atoms with Crippen LogP contribution >= 0.6 is 0 Å². The van der Waals surface area contributed by atoms with Gasteiger partial charge in [0.05, 0.1) is 42.7 Å². The first-order chi connectivity index (χ1) is 23.2. The summed E-state index contributed by atoms with van der Waals surface area (Å²) in [5.41, 5.74) is 1.72. The fourth-order valence-corrected chi connectivity index (χ4v) is 5.81. The lowest BCUT2D eigenvalue weighted by Crippen LogP contribution is -2.35. The van der Waals surface area contributed by atoms with Crippen molar-refractivity contribution in [3.8, 4) is 34.5 Å². The van der Waals surface area contributed by atoms with Crippen LogP contribution in [0.25, 0.3) is 12.2 Å². The third-order valence-electron chi connectivity index (χ3n) is 8.43. The maximum Gasteiger partial charge on any atom is 0.246 e. The molecule has 0 heterocycles. The van der Waals surface area contributed by atoms with Crippen molar-refractivity contribution >= 4 is 24.0 Å². The van der Waals surface area contributed by atoms with Gasteiger partial charge in [-0.2, -0.15) is 0 Å². The summed E-state index contributed by atoms with van der Waals surface area (Å²) in [6.45, 7) is 1.42. The number of hydrogen-bond acceptors (Lipinski definition) is 8. The fraction of sp³-hybridized carbons (Fsp3) is 0.421. The number of ether oxygens (including phenoxy) is 6. The van der Waals surface area contributed by atoms with Crippen molar-refractivity contribution in [2.24, 2.45) is 11.8 Å². The molecule has 2 aromatic rings. The third-order valence-corrected chi connectivity index (χ3v) is 8.43. The molecule has 0 aliphatic heterocycles. The Bertz CT molecular complexity index is 1330. The zero-order valence-corrected chi connectivity index (χ0v) is 29.5. The van der Waals surface area contributed by atoms with Crippen molar-refractivity contribution < 1.29 is 38.0 Å². The molecule has 260 valence electrons. The van der Waals surface area contributed by atoms with Gasteiger partial charge >= 0.3 is 0 Å². The van der Waals surface area contributed by atoms with E-state index in [2.05, 4.69) is 0 Å². The Morgan fingerprint density at radius 1 is 0.562 bits per heavy atom. The minimum atomic E-state index is -0.0388. The van der Waals surface area contributed by atoms with E-state index in [0.717, 1.165) is 36.8 Å². The third kappa shape index (κ3) is 10.6. The van der Waals surface area contributed by atoms with Crippen LogP contribution in [0.5, 0.6) is 34.5 Å². The van der Waals surface area contributed by atoms with Crippen LogP contribution in [0.15, 0.2) is 60.7 Å². The van der Waals surface area contributed by atoms with Gasteiger partial charge in [-0.05, 0) is 72.9 Å². The normalized spacial score (nSPS) is 16.4. The molecule has 0 spiro atoms. The summed E-state index contributed by atoms with van der Waals surface area (Å²) in [6.07, 6.45) is 18.1. The van der Waals surface area contributed by atoms with Crippen LogP contribution in [0, 0.1) is 11.8 Å². The molecule has 2 aromatic carbocycles. The molecule has 0 radical (unpaired) electrons. The van der Waals surface area contributed by atoms with E-state index in [-0.39, 0.29) is 11.8 Å². The van der Waals surface area contributed by atoms with E-state index in [1.54, 1.807) is 76.8 Å². The quantitative estimate of drug-likeness (QED) is 0.153.